The van der Waals surface area contributed by atoms with Crippen LogP contribution < -0.4 is 5.32 Å². The molecule has 0 bridgehead atoms. The number of nitriles is 1. The van der Waals surface area contributed by atoms with Gasteiger partial charge >= 0.3 is 0 Å². The van der Waals surface area contributed by atoms with Crippen LogP contribution in [0.4, 0.5) is 0 Å². The van der Waals surface area contributed by atoms with Gasteiger partial charge in [0.1, 0.15) is 0 Å². The molecule has 0 aromatic heterocycles. The molecule has 0 spiro atoms. The fraction of sp³-hybridized carbons (Fsp3) is 0.500. The minimum atomic E-state index is -0.192. The van der Waals surface area contributed by atoms with E-state index in [2.05, 4.69) is 5.32 Å². The normalized spacial score (nSPS) is 14.9. The van der Waals surface area contributed by atoms with Crippen molar-refractivity contribution in [2.45, 2.75) is 38.2 Å². The highest BCUT2D eigenvalue weighted by Gasteiger charge is 2.15. The molecule has 0 saturated heterocycles. The molecule has 1 aromatic rings. The molecule has 1 aromatic carbocycles. The molecule has 0 aliphatic heterocycles. The Morgan fingerprint density at radius 2 is 2.10 bits per heavy atom. The van der Waals surface area contributed by atoms with Crippen molar-refractivity contribution in [2.75, 3.05) is 13.2 Å². The highest BCUT2D eigenvalue weighted by molar-refractivity contribution is 5.96. The van der Waals surface area contributed by atoms with E-state index >= 15 is 0 Å². The molecule has 2 rings (SSSR count). The van der Waals surface area contributed by atoms with Gasteiger partial charge in [0.2, 0.25) is 0 Å². The van der Waals surface area contributed by atoms with Gasteiger partial charge in [-0.25, -0.2) is 0 Å². The first-order valence-corrected chi connectivity index (χ1v) is 7.20. The van der Waals surface area contributed by atoms with Crippen LogP contribution in [0.1, 0.15) is 48.0 Å². The summed E-state index contributed by atoms with van der Waals surface area (Å²) in [6.07, 6.45) is 6.10. The van der Waals surface area contributed by atoms with Gasteiger partial charge in [-0.05, 0) is 31.4 Å². The standard InChI is InChI=1S/C16H20N2O2/c17-12-13-6-1-4-9-15(13)16(19)18-10-5-11-20-14-7-2-3-8-14/h1,4,6,9,14H,2-3,5,7-8,10-11H2,(H,18,19). The summed E-state index contributed by atoms with van der Waals surface area (Å²) < 4.78 is 5.73. The molecule has 0 radical (unpaired) electrons. The molecule has 0 unspecified atom stereocenters. The summed E-state index contributed by atoms with van der Waals surface area (Å²) in [5, 5.41) is 11.8. The largest absolute Gasteiger partial charge is 0.378 e. The van der Waals surface area contributed by atoms with Crippen molar-refractivity contribution >= 4 is 5.91 Å². The molecule has 1 amide bonds. The Kier molecular flexibility index (Phi) is 5.57. The number of amides is 1. The average Bonchev–Trinajstić information content (AvgIpc) is 3.00. The number of hydrogen-bond donors (Lipinski definition) is 1. The summed E-state index contributed by atoms with van der Waals surface area (Å²) in [4.78, 5) is 11.9. The molecule has 106 valence electrons. The van der Waals surface area contributed by atoms with Gasteiger partial charge in [-0.2, -0.15) is 5.26 Å². The van der Waals surface area contributed by atoms with Crippen LogP contribution in [0.3, 0.4) is 0 Å². The van der Waals surface area contributed by atoms with E-state index in [0.717, 1.165) is 6.42 Å². The van der Waals surface area contributed by atoms with E-state index in [9.17, 15) is 4.79 Å². The maximum atomic E-state index is 11.9. The Balaban J connectivity index is 1.68. The van der Waals surface area contributed by atoms with Gasteiger partial charge in [0.15, 0.2) is 0 Å². The van der Waals surface area contributed by atoms with Gasteiger partial charge in [-0.1, -0.05) is 25.0 Å². The minimum Gasteiger partial charge on any atom is -0.378 e. The molecular formula is C16H20N2O2. The maximum Gasteiger partial charge on any atom is 0.252 e. The first-order valence-electron chi connectivity index (χ1n) is 7.20. The SMILES string of the molecule is N#Cc1ccccc1C(=O)NCCCOC1CCCC1. The molecule has 1 aliphatic carbocycles. The van der Waals surface area contributed by atoms with Crippen LogP contribution in [0, 0.1) is 11.3 Å². The van der Waals surface area contributed by atoms with Gasteiger partial charge in [-0.3, -0.25) is 4.79 Å². The second-order valence-electron chi connectivity index (χ2n) is 5.04. The van der Waals surface area contributed by atoms with E-state index in [-0.39, 0.29) is 5.91 Å². The number of nitrogens with one attached hydrogen (secondary N) is 1. The molecule has 0 heterocycles. The van der Waals surface area contributed by atoms with Gasteiger partial charge in [-0.15, -0.1) is 0 Å². The maximum absolute atomic E-state index is 11.9. The molecule has 1 N–H and O–H groups in total. The molecular weight excluding hydrogens is 252 g/mol. The average molecular weight is 272 g/mol. The zero-order valence-electron chi connectivity index (χ0n) is 11.6. The molecule has 4 heteroatoms. The van der Waals surface area contributed by atoms with Crippen molar-refractivity contribution in [3.63, 3.8) is 0 Å². The van der Waals surface area contributed by atoms with Crippen LogP contribution in [0.15, 0.2) is 24.3 Å². The van der Waals surface area contributed by atoms with Crippen molar-refractivity contribution in [3.8, 4) is 6.07 Å². The van der Waals surface area contributed by atoms with Gasteiger partial charge in [0.05, 0.1) is 23.3 Å². The lowest BCUT2D eigenvalue weighted by molar-refractivity contribution is 0.0565. The Morgan fingerprint density at radius 1 is 1.35 bits per heavy atom. The number of carbonyl (C=O) groups excluding carboxylic acids is 1. The molecule has 20 heavy (non-hydrogen) atoms. The van der Waals surface area contributed by atoms with E-state index in [4.69, 9.17) is 10.00 Å². The van der Waals surface area contributed by atoms with Crippen LogP contribution >= 0.6 is 0 Å². The number of hydrogen-bond acceptors (Lipinski definition) is 3. The first-order chi connectivity index (χ1) is 9.81. The predicted molar refractivity (Wildman–Crippen MR) is 76.3 cm³/mol. The van der Waals surface area contributed by atoms with E-state index in [1.165, 1.54) is 25.7 Å². The van der Waals surface area contributed by atoms with Crippen molar-refractivity contribution < 1.29 is 9.53 Å². The number of benzene rings is 1. The zero-order valence-corrected chi connectivity index (χ0v) is 11.6. The van der Waals surface area contributed by atoms with Crippen molar-refractivity contribution in [1.82, 2.24) is 5.32 Å². The van der Waals surface area contributed by atoms with Crippen molar-refractivity contribution in [3.05, 3.63) is 35.4 Å². The Hall–Kier alpha value is -1.86. The Bertz CT molecular complexity index is 487. The molecule has 1 aliphatic rings. The number of ether oxygens (including phenoxy) is 1. The fourth-order valence-corrected chi connectivity index (χ4v) is 2.45. The quantitative estimate of drug-likeness (QED) is 0.810. The monoisotopic (exact) mass is 272 g/mol. The molecule has 1 saturated carbocycles. The third-order valence-electron chi connectivity index (χ3n) is 3.55. The summed E-state index contributed by atoms with van der Waals surface area (Å²) in [6.45, 7) is 1.26. The summed E-state index contributed by atoms with van der Waals surface area (Å²) in [5.74, 6) is -0.192. The lowest BCUT2D eigenvalue weighted by Crippen LogP contribution is -2.26. The first kappa shape index (κ1) is 14.5. The fourth-order valence-electron chi connectivity index (χ4n) is 2.45. The van der Waals surface area contributed by atoms with Crippen molar-refractivity contribution in [2.24, 2.45) is 0 Å². The van der Waals surface area contributed by atoms with Gasteiger partial charge in [0.25, 0.3) is 5.91 Å². The zero-order chi connectivity index (χ0) is 14.2. The Labute approximate surface area is 119 Å². The minimum absolute atomic E-state index is 0.192. The van der Waals surface area contributed by atoms with Crippen LogP contribution in [-0.4, -0.2) is 25.2 Å². The van der Waals surface area contributed by atoms with E-state index in [0.29, 0.717) is 30.4 Å². The van der Waals surface area contributed by atoms with Gasteiger partial charge < -0.3 is 10.1 Å². The summed E-state index contributed by atoms with van der Waals surface area (Å²) in [6, 6.07) is 8.87. The van der Waals surface area contributed by atoms with E-state index < -0.39 is 0 Å². The topological polar surface area (TPSA) is 62.1 Å². The van der Waals surface area contributed by atoms with Crippen LogP contribution in [0.2, 0.25) is 0 Å². The van der Waals surface area contributed by atoms with Crippen molar-refractivity contribution in [1.29, 1.82) is 5.26 Å². The summed E-state index contributed by atoms with van der Waals surface area (Å²) >= 11 is 0. The predicted octanol–water partition coefficient (Wildman–Crippen LogP) is 2.64. The van der Waals surface area contributed by atoms with E-state index in [1.54, 1.807) is 24.3 Å². The molecule has 4 nitrogen and oxygen atoms in total. The Morgan fingerprint density at radius 3 is 2.85 bits per heavy atom. The van der Waals surface area contributed by atoms with Gasteiger partial charge in [0, 0.05) is 13.2 Å². The number of rotatable bonds is 6. The van der Waals surface area contributed by atoms with E-state index in [1.807, 2.05) is 6.07 Å². The smallest absolute Gasteiger partial charge is 0.252 e. The van der Waals surface area contributed by atoms with Crippen LogP contribution in [-0.2, 0) is 4.74 Å². The lowest BCUT2D eigenvalue weighted by atomic mass is 10.1. The molecule has 1 fully saturated rings. The number of nitrogens with zero attached hydrogens (tertiary/aromatic N) is 1. The molecule has 0 atom stereocenters. The third-order valence-corrected chi connectivity index (χ3v) is 3.55. The second kappa shape index (κ2) is 7.66. The third kappa shape index (κ3) is 4.07. The summed E-state index contributed by atoms with van der Waals surface area (Å²) in [7, 11) is 0. The number of carbonyl (C=O) groups is 1. The second-order valence-corrected chi connectivity index (χ2v) is 5.04. The van der Waals surface area contributed by atoms with Crippen LogP contribution in [0.25, 0.3) is 0 Å². The highest BCUT2D eigenvalue weighted by Crippen LogP contribution is 2.20. The highest BCUT2D eigenvalue weighted by atomic mass is 16.5. The summed E-state index contributed by atoms with van der Waals surface area (Å²) in [5.41, 5.74) is 0.846. The lowest BCUT2D eigenvalue weighted by Gasteiger charge is -2.11. The van der Waals surface area contributed by atoms with Crippen LogP contribution in [0.5, 0.6) is 0 Å².